The van der Waals surface area contributed by atoms with E-state index in [0.717, 1.165) is 25.9 Å². The second kappa shape index (κ2) is 5.65. The topological polar surface area (TPSA) is 66.7 Å². The van der Waals surface area contributed by atoms with Crippen LogP contribution in [0.3, 0.4) is 0 Å². The molecule has 1 aliphatic heterocycles. The van der Waals surface area contributed by atoms with Gasteiger partial charge in [0, 0.05) is 31.9 Å². The van der Waals surface area contributed by atoms with Crippen LogP contribution in [0.15, 0.2) is 24.4 Å². The summed E-state index contributed by atoms with van der Waals surface area (Å²) in [7, 11) is 0. The minimum Gasteiger partial charge on any atom is -0.340 e. The van der Waals surface area contributed by atoms with Crippen molar-refractivity contribution in [2.75, 3.05) is 19.6 Å². The lowest BCUT2D eigenvalue weighted by Gasteiger charge is -2.31. The summed E-state index contributed by atoms with van der Waals surface area (Å²) in [5.74, 6) is 0.0828. The summed E-state index contributed by atoms with van der Waals surface area (Å²) in [5, 5.41) is 3.31. The van der Waals surface area contributed by atoms with Crippen LogP contribution in [-0.4, -0.2) is 52.2 Å². The van der Waals surface area contributed by atoms with Crippen molar-refractivity contribution in [1.82, 2.24) is 19.6 Å². The quantitative estimate of drug-likeness (QED) is 0.835. The van der Waals surface area contributed by atoms with Crippen LogP contribution >= 0.6 is 0 Å². The minimum atomic E-state index is 0.0828. The molecule has 2 aromatic rings. The molecule has 2 aromatic heterocycles. The lowest BCUT2D eigenvalue weighted by Crippen LogP contribution is -2.51. The molecule has 0 saturated carbocycles. The SMILES string of the molecule is C[C@@H]1CN(C(=O)Cc2cn3c(C=O)cccc3n2)CCN1. The zero-order valence-corrected chi connectivity index (χ0v) is 12.0. The van der Waals surface area contributed by atoms with E-state index in [-0.39, 0.29) is 12.3 Å². The Morgan fingerprint density at radius 3 is 3.14 bits per heavy atom. The molecule has 1 atom stereocenters. The maximum atomic E-state index is 12.3. The average molecular weight is 286 g/mol. The number of nitrogens with one attached hydrogen (secondary N) is 1. The molecule has 0 spiro atoms. The van der Waals surface area contributed by atoms with Crippen molar-refractivity contribution in [1.29, 1.82) is 0 Å². The van der Waals surface area contributed by atoms with Crippen LogP contribution in [0.2, 0.25) is 0 Å². The summed E-state index contributed by atoms with van der Waals surface area (Å²) >= 11 is 0. The van der Waals surface area contributed by atoms with Gasteiger partial charge in [0.05, 0.1) is 17.8 Å². The van der Waals surface area contributed by atoms with Crippen LogP contribution < -0.4 is 5.32 Å². The molecule has 1 fully saturated rings. The van der Waals surface area contributed by atoms with Gasteiger partial charge in [-0.15, -0.1) is 0 Å². The van der Waals surface area contributed by atoms with Gasteiger partial charge in [-0.1, -0.05) is 6.07 Å². The fourth-order valence-electron chi connectivity index (χ4n) is 2.69. The summed E-state index contributed by atoms with van der Waals surface area (Å²) in [6, 6.07) is 5.67. The Morgan fingerprint density at radius 2 is 2.38 bits per heavy atom. The van der Waals surface area contributed by atoms with Crippen molar-refractivity contribution in [2.45, 2.75) is 19.4 Å². The third-order valence-corrected chi connectivity index (χ3v) is 3.75. The number of aromatic nitrogens is 2. The van der Waals surface area contributed by atoms with Crippen LogP contribution in [0.25, 0.3) is 5.65 Å². The van der Waals surface area contributed by atoms with Gasteiger partial charge in [0.1, 0.15) is 5.65 Å². The van der Waals surface area contributed by atoms with Gasteiger partial charge in [-0.3, -0.25) is 14.0 Å². The summed E-state index contributed by atoms with van der Waals surface area (Å²) in [4.78, 5) is 29.6. The molecule has 1 amide bonds. The van der Waals surface area contributed by atoms with Crippen molar-refractivity contribution in [3.05, 3.63) is 35.8 Å². The third-order valence-electron chi connectivity index (χ3n) is 3.75. The van der Waals surface area contributed by atoms with Gasteiger partial charge in [-0.25, -0.2) is 4.98 Å². The number of piperazine rings is 1. The number of nitrogens with zero attached hydrogens (tertiary/aromatic N) is 3. The summed E-state index contributed by atoms with van der Waals surface area (Å²) in [6.07, 6.45) is 2.83. The molecular weight excluding hydrogens is 268 g/mol. The molecule has 1 saturated heterocycles. The predicted octanol–water partition coefficient (Wildman–Crippen LogP) is 0.510. The monoisotopic (exact) mass is 286 g/mol. The Kier molecular flexibility index (Phi) is 3.70. The molecule has 0 bridgehead atoms. The van der Waals surface area contributed by atoms with E-state index in [1.165, 1.54) is 0 Å². The highest BCUT2D eigenvalue weighted by Crippen LogP contribution is 2.10. The molecule has 0 aromatic carbocycles. The summed E-state index contributed by atoms with van der Waals surface area (Å²) in [5.41, 5.74) is 1.92. The maximum absolute atomic E-state index is 12.3. The van der Waals surface area contributed by atoms with E-state index in [1.807, 2.05) is 11.0 Å². The number of carbonyl (C=O) groups is 2. The van der Waals surface area contributed by atoms with Crippen molar-refractivity contribution < 1.29 is 9.59 Å². The Hall–Kier alpha value is -2.21. The highest BCUT2D eigenvalue weighted by molar-refractivity contribution is 5.79. The number of amides is 1. The van der Waals surface area contributed by atoms with E-state index in [4.69, 9.17) is 0 Å². The highest BCUT2D eigenvalue weighted by Gasteiger charge is 2.21. The lowest BCUT2D eigenvalue weighted by molar-refractivity contribution is -0.131. The third kappa shape index (κ3) is 2.80. The standard InChI is InChI=1S/C15H18N4O2/c1-11-8-18(6-5-16-11)15(21)7-12-9-19-13(10-20)3-2-4-14(19)17-12/h2-4,9-11,16H,5-8H2,1H3/t11-/m1/s1. The zero-order chi connectivity index (χ0) is 14.8. The minimum absolute atomic E-state index is 0.0828. The Balaban J connectivity index is 1.78. The number of hydrogen-bond donors (Lipinski definition) is 1. The zero-order valence-electron chi connectivity index (χ0n) is 12.0. The van der Waals surface area contributed by atoms with Gasteiger partial charge >= 0.3 is 0 Å². The number of rotatable bonds is 3. The molecule has 6 nitrogen and oxygen atoms in total. The molecule has 3 heterocycles. The average Bonchev–Trinajstić information content (AvgIpc) is 2.89. The summed E-state index contributed by atoms with van der Waals surface area (Å²) < 4.78 is 1.72. The molecule has 0 unspecified atom stereocenters. The number of pyridine rings is 1. The van der Waals surface area contributed by atoms with Gasteiger partial charge in [0.2, 0.25) is 5.91 Å². The van der Waals surface area contributed by atoms with E-state index in [2.05, 4.69) is 17.2 Å². The van der Waals surface area contributed by atoms with E-state index in [0.29, 0.717) is 23.1 Å². The van der Waals surface area contributed by atoms with Gasteiger partial charge in [0.25, 0.3) is 0 Å². The van der Waals surface area contributed by atoms with Gasteiger partial charge in [-0.2, -0.15) is 0 Å². The molecular formula is C15H18N4O2. The Bertz CT molecular complexity index is 679. The second-order valence-corrected chi connectivity index (χ2v) is 5.40. The normalized spacial score (nSPS) is 18.9. The van der Waals surface area contributed by atoms with Crippen LogP contribution in [-0.2, 0) is 11.2 Å². The second-order valence-electron chi connectivity index (χ2n) is 5.40. The Labute approximate surface area is 122 Å². The first-order valence-corrected chi connectivity index (χ1v) is 7.10. The first-order chi connectivity index (χ1) is 10.2. The fourth-order valence-corrected chi connectivity index (χ4v) is 2.69. The number of hydrogen-bond acceptors (Lipinski definition) is 4. The van der Waals surface area contributed by atoms with E-state index >= 15 is 0 Å². The van der Waals surface area contributed by atoms with Crippen LogP contribution in [0, 0.1) is 0 Å². The van der Waals surface area contributed by atoms with Crippen molar-refractivity contribution >= 4 is 17.8 Å². The van der Waals surface area contributed by atoms with E-state index < -0.39 is 0 Å². The smallest absolute Gasteiger partial charge is 0.228 e. The largest absolute Gasteiger partial charge is 0.340 e. The number of aldehydes is 1. The highest BCUT2D eigenvalue weighted by atomic mass is 16.2. The molecule has 1 aliphatic rings. The van der Waals surface area contributed by atoms with Crippen molar-refractivity contribution in [3.8, 4) is 0 Å². The number of imidazole rings is 1. The van der Waals surface area contributed by atoms with Crippen LogP contribution in [0.5, 0.6) is 0 Å². The van der Waals surface area contributed by atoms with Crippen molar-refractivity contribution in [2.24, 2.45) is 0 Å². The molecule has 21 heavy (non-hydrogen) atoms. The van der Waals surface area contributed by atoms with E-state index in [9.17, 15) is 9.59 Å². The summed E-state index contributed by atoms with van der Waals surface area (Å²) in [6.45, 7) is 4.36. The first kappa shape index (κ1) is 13.8. The number of carbonyl (C=O) groups excluding carboxylic acids is 2. The first-order valence-electron chi connectivity index (χ1n) is 7.10. The van der Waals surface area contributed by atoms with Crippen LogP contribution in [0.1, 0.15) is 23.1 Å². The van der Waals surface area contributed by atoms with Gasteiger partial charge in [0.15, 0.2) is 6.29 Å². The molecule has 110 valence electrons. The predicted molar refractivity (Wildman–Crippen MR) is 78.3 cm³/mol. The molecule has 6 heteroatoms. The van der Waals surface area contributed by atoms with E-state index in [1.54, 1.807) is 22.7 Å². The lowest BCUT2D eigenvalue weighted by atomic mass is 10.2. The Morgan fingerprint density at radius 1 is 1.52 bits per heavy atom. The molecule has 0 aliphatic carbocycles. The van der Waals surface area contributed by atoms with Gasteiger partial charge in [-0.05, 0) is 19.1 Å². The molecule has 0 radical (unpaired) electrons. The molecule has 3 rings (SSSR count). The van der Waals surface area contributed by atoms with Crippen LogP contribution in [0.4, 0.5) is 0 Å². The van der Waals surface area contributed by atoms with Crippen molar-refractivity contribution in [3.63, 3.8) is 0 Å². The maximum Gasteiger partial charge on any atom is 0.228 e. The molecule has 1 N–H and O–H groups in total. The number of fused-ring (bicyclic) bond motifs is 1. The fraction of sp³-hybridized carbons (Fsp3) is 0.400. The van der Waals surface area contributed by atoms with Gasteiger partial charge < -0.3 is 10.2 Å².